The van der Waals surface area contributed by atoms with Gasteiger partial charge in [0.15, 0.2) is 0 Å². The summed E-state index contributed by atoms with van der Waals surface area (Å²) in [5, 5.41) is 0. The standard InChI is InChI=1S/C15H11.C6H5.Zr/c1-2-6-12(7-3-1)15-11-10-13-8-4-5-9-14(13)15;1-2-4-6-5-3-1;/h2-11,15H;1-5H;/q2*-1;+2. The van der Waals surface area contributed by atoms with Crippen LogP contribution in [0.4, 0.5) is 0 Å². The molecule has 1 unspecified atom stereocenters. The molecular weight excluding hydrogens is 343 g/mol. The third-order valence-corrected chi connectivity index (χ3v) is 3.51. The summed E-state index contributed by atoms with van der Waals surface area (Å²) in [6, 6.07) is 32.3. The van der Waals surface area contributed by atoms with Gasteiger partial charge in [-0.3, -0.25) is 0 Å². The fraction of sp³-hybridized carbons (Fsp3) is 0.0476. The molecule has 0 aromatic heterocycles. The molecule has 0 fully saturated rings. The van der Waals surface area contributed by atoms with E-state index >= 15 is 0 Å². The van der Waals surface area contributed by atoms with Crippen molar-refractivity contribution in [1.82, 2.24) is 0 Å². The van der Waals surface area contributed by atoms with Crippen molar-refractivity contribution in [3.63, 3.8) is 0 Å². The normalized spacial score (nSPS) is 14.3. The number of hydrogen-bond donors (Lipinski definition) is 0. The Labute approximate surface area is 151 Å². The topological polar surface area (TPSA) is 0 Å². The average molecular weight is 360 g/mol. The molecule has 3 aromatic rings. The van der Waals surface area contributed by atoms with Crippen LogP contribution in [0.3, 0.4) is 0 Å². The van der Waals surface area contributed by atoms with Gasteiger partial charge in [-0.05, 0) is 11.1 Å². The van der Waals surface area contributed by atoms with Gasteiger partial charge < -0.3 is 0 Å². The van der Waals surface area contributed by atoms with Crippen LogP contribution in [0.2, 0.25) is 0 Å². The fourth-order valence-electron chi connectivity index (χ4n) is 2.49. The van der Waals surface area contributed by atoms with Gasteiger partial charge >= 0.3 is 26.2 Å². The fourth-order valence-corrected chi connectivity index (χ4v) is 2.49. The van der Waals surface area contributed by atoms with Gasteiger partial charge in [0, 0.05) is 5.92 Å². The van der Waals surface area contributed by atoms with Crippen LogP contribution in [0.5, 0.6) is 0 Å². The van der Waals surface area contributed by atoms with Crippen molar-refractivity contribution in [3.8, 4) is 0 Å². The third kappa shape index (κ3) is 4.15. The molecule has 1 aliphatic rings. The Morgan fingerprint density at radius 1 is 0.682 bits per heavy atom. The summed E-state index contributed by atoms with van der Waals surface area (Å²) < 4.78 is 0. The molecular formula is C21H16Zr. The van der Waals surface area contributed by atoms with Gasteiger partial charge in [0.2, 0.25) is 0 Å². The van der Waals surface area contributed by atoms with Crippen molar-refractivity contribution < 1.29 is 26.2 Å². The molecule has 0 saturated heterocycles. The van der Waals surface area contributed by atoms with E-state index in [4.69, 9.17) is 0 Å². The summed E-state index contributed by atoms with van der Waals surface area (Å²) in [6.45, 7) is 0. The minimum Gasteiger partial charge on any atom is -0.184 e. The van der Waals surface area contributed by atoms with E-state index in [1.54, 1.807) is 0 Å². The largest absolute Gasteiger partial charge is 2.00 e. The number of benzene rings is 3. The summed E-state index contributed by atoms with van der Waals surface area (Å²) >= 11 is 0. The van der Waals surface area contributed by atoms with Crippen molar-refractivity contribution in [3.05, 3.63) is 114 Å². The molecule has 0 nitrogen and oxygen atoms in total. The number of rotatable bonds is 1. The maximum absolute atomic E-state index is 3.06. The molecule has 0 N–H and O–H groups in total. The number of fused-ring (bicyclic) bond motifs is 1. The van der Waals surface area contributed by atoms with Crippen LogP contribution in [0.25, 0.3) is 6.08 Å². The van der Waals surface area contributed by atoms with E-state index in [0.717, 1.165) is 0 Å². The smallest absolute Gasteiger partial charge is 0.184 e. The Morgan fingerprint density at radius 2 is 1.36 bits per heavy atom. The zero-order chi connectivity index (χ0) is 14.3. The van der Waals surface area contributed by atoms with E-state index in [-0.39, 0.29) is 26.2 Å². The first-order valence-corrected chi connectivity index (χ1v) is 7.09. The predicted octanol–water partition coefficient (Wildman–Crippen LogP) is 5.13. The van der Waals surface area contributed by atoms with Crippen molar-refractivity contribution in [2.24, 2.45) is 0 Å². The van der Waals surface area contributed by atoms with Gasteiger partial charge in [-0.25, -0.2) is 0 Å². The summed E-state index contributed by atoms with van der Waals surface area (Å²) in [4.78, 5) is 0. The quantitative estimate of drug-likeness (QED) is 0.528. The van der Waals surface area contributed by atoms with E-state index in [9.17, 15) is 0 Å². The van der Waals surface area contributed by atoms with Gasteiger partial charge in [-0.2, -0.15) is 66.7 Å². The minimum absolute atomic E-state index is 0. The van der Waals surface area contributed by atoms with E-state index < -0.39 is 0 Å². The van der Waals surface area contributed by atoms with Crippen molar-refractivity contribution in [1.29, 1.82) is 0 Å². The van der Waals surface area contributed by atoms with Crippen LogP contribution in [0, 0.1) is 12.1 Å². The Hall–Kier alpha value is -1.72. The van der Waals surface area contributed by atoms with Gasteiger partial charge in [-0.1, -0.05) is 36.4 Å². The second kappa shape index (κ2) is 8.66. The Balaban J connectivity index is 0.000000215. The number of allylic oxidation sites excluding steroid dienone is 1. The van der Waals surface area contributed by atoms with Crippen LogP contribution in [0.1, 0.15) is 22.6 Å². The van der Waals surface area contributed by atoms with E-state index in [2.05, 4.69) is 60.7 Å². The zero-order valence-electron chi connectivity index (χ0n) is 12.2. The molecule has 104 valence electrons. The summed E-state index contributed by atoms with van der Waals surface area (Å²) in [5.41, 5.74) is 4.09. The maximum Gasteiger partial charge on any atom is 2.00 e. The molecule has 3 aromatic carbocycles. The molecule has 1 atom stereocenters. The molecule has 0 saturated carbocycles. The van der Waals surface area contributed by atoms with Gasteiger partial charge in [0.05, 0.1) is 0 Å². The monoisotopic (exact) mass is 358 g/mol. The molecule has 1 aliphatic carbocycles. The Kier molecular flexibility index (Phi) is 6.55. The van der Waals surface area contributed by atoms with Gasteiger partial charge in [0.1, 0.15) is 0 Å². The summed E-state index contributed by atoms with van der Waals surface area (Å²) in [5.74, 6) is 0.427. The van der Waals surface area contributed by atoms with Crippen LogP contribution in [-0.4, -0.2) is 0 Å². The van der Waals surface area contributed by atoms with Crippen molar-refractivity contribution >= 4 is 6.08 Å². The van der Waals surface area contributed by atoms with Crippen molar-refractivity contribution in [2.45, 2.75) is 5.92 Å². The second-order valence-electron chi connectivity index (χ2n) is 4.88. The molecule has 22 heavy (non-hydrogen) atoms. The molecule has 0 amide bonds. The molecule has 0 aliphatic heterocycles. The first-order chi connectivity index (χ1) is 10.4. The minimum atomic E-state index is 0. The average Bonchev–Trinajstić information content (AvgIpc) is 3.02. The third-order valence-electron chi connectivity index (χ3n) is 3.51. The molecule has 1 heteroatoms. The Morgan fingerprint density at radius 3 is 2.00 bits per heavy atom. The van der Waals surface area contributed by atoms with E-state index in [0.29, 0.717) is 5.92 Å². The van der Waals surface area contributed by atoms with Gasteiger partial charge in [0.25, 0.3) is 0 Å². The molecule has 0 bridgehead atoms. The molecule has 0 spiro atoms. The maximum atomic E-state index is 3.06. The molecule has 4 rings (SSSR count). The first kappa shape index (κ1) is 16.7. The molecule has 0 heterocycles. The van der Waals surface area contributed by atoms with Crippen LogP contribution < -0.4 is 0 Å². The van der Waals surface area contributed by atoms with Crippen LogP contribution in [0.15, 0.2) is 84.9 Å². The van der Waals surface area contributed by atoms with Gasteiger partial charge in [-0.15, -0.1) is 5.56 Å². The number of hydrogen-bond acceptors (Lipinski definition) is 0. The Bertz CT molecular complexity index is 676. The van der Waals surface area contributed by atoms with E-state index in [1.165, 1.54) is 16.7 Å². The van der Waals surface area contributed by atoms with E-state index in [1.807, 2.05) is 42.5 Å². The van der Waals surface area contributed by atoms with Crippen LogP contribution >= 0.6 is 0 Å². The zero-order valence-corrected chi connectivity index (χ0v) is 14.7. The second-order valence-corrected chi connectivity index (χ2v) is 4.88. The SMILES string of the molecule is [Zr+2].[c-]1ccc(C2C=Cc3ccccc32)cc1.[c-]1ccccc1. The predicted molar refractivity (Wildman–Crippen MR) is 87.9 cm³/mol. The van der Waals surface area contributed by atoms with Crippen molar-refractivity contribution in [2.75, 3.05) is 0 Å². The molecule has 0 radical (unpaired) electrons. The summed E-state index contributed by atoms with van der Waals surface area (Å²) in [7, 11) is 0. The first-order valence-electron chi connectivity index (χ1n) is 7.09. The van der Waals surface area contributed by atoms with Crippen LogP contribution in [-0.2, 0) is 26.2 Å². The summed E-state index contributed by atoms with van der Waals surface area (Å²) in [6.07, 6.45) is 4.47.